The quantitative estimate of drug-likeness (QED) is 0.893. The van der Waals surface area contributed by atoms with Gasteiger partial charge >= 0.3 is 0 Å². The summed E-state index contributed by atoms with van der Waals surface area (Å²) in [6, 6.07) is 10.4. The van der Waals surface area contributed by atoms with E-state index in [1.165, 1.54) is 17.0 Å². The lowest BCUT2D eigenvalue weighted by atomic mass is 9.71. The lowest BCUT2D eigenvalue weighted by Gasteiger charge is -2.39. The highest BCUT2D eigenvalue weighted by Crippen LogP contribution is 2.40. The van der Waals surface area contributed by atoms with Crippen LogP contribution in [-0.4, -0.2) is 12.6 Å². The van der Waals surface area contributed by atoms with Crippen LogP contribution in [0.4, 0.5) is 5.69 Å². The molecule has 1 aliphatic heterocycles. The van der Waals surface area contributed by atoms with Crippen molar-refractivity contribution in [2.75, 3.05) is 11.6 Å². The van der Waals surface area contributed by atoms with E-state index >= 15 is 0 Å². The monoisotopic (exact) mass is 295 g/mol. The van der Waals surface area contributed by atoms with Crippen molar-refractivity contribution in [2.24, 2.45) is 11.1 Å². The van der Waals surface area contributed by atoms with Gasteiger partial charge in [-0.1, -0.05) is 55.8 Å². The molecule has 0 saturated heterocycles. The Kier molecular flexibility index (Phi) is 4.08. The fraction of sp³-hybridized carbons (Fsp3) is 0.368. The lowest BCUT2D eigenvalue weighted by Crippen LogP contribution is -2.46. The summed E-state index contributed by atoms with van der Waals surface area (Å²) in [6.07, 6.45) is 11.0. The average molecular weight is 295 g/mol. The maximum Gasteiger partial charge on any atom is 0.0595 e. The molecule has 3 heteroatoms. The zero-order valence-corrected chi connectivity index (χ0v) is 13.4. The number of hydrazine groups is 1. The highest BCUT2D eigenvalue weighted by molar-refractivity contribution is 5.50. The number of nitrogens with zero attached hydrogens (tertiary/aromatic N) is 1. The van der Waals surface area contributed by atoms with Gasteiger partial charge in [0.25, 0.3) is 0 Å². The molecule has 116 valence electrons. The van der Waals surface area contributed by atoms with Crippen molar-refractivity contribution in [1.82, 2.24) is 5.43 Å². The Hall–Kier alpha value is -2.00. The minimum Gasteiger partial charge on any atom is -0.323 e. The minimum absolute atomic E-state index is 0.0203. The van der Waals surface area contributed by atoms with Crippen molar-refractivity contribution in [3.63, 3.8) is 0 Å². The van der Waals surface area contributed by atoms with Gasteiger partial charge in [0.2, 0.25) is 0 Å². The molecular formula is C19H25N3. The molecule has 3 rings (SSSR count). The lowest BCUT2D eigenvalue weighted by molar-refractivity contribution is 0.368. The molecular weight excluding hydrogens is 270 g/mol. The van der Waals surface area contributed by atoms with Crippen LogP contribution in [0.3, 0.4) is 0 Å². The Morgan fingerprint density at radius 2 is 2.05 bits per heavy atom. The highest BCUT2D eigenvalue weighted by Gasteiger charge is 2.39. The second kappa shape index (κ2) is 6.01. The van der Waals surface area contributed by atoms with Crippen LogP contribution < -0.4 is 16.2 Å². The van der Waals surface area contributed by atoms with Crippen molar-refractivity contribution in [2.45, 2.75) is 32.7 Å². The molecule has 1 aromatic carbocycles. The Morgan fingerprint density at radius 1 is 1.27 bits per heavy atom. The third kappa shape index (κ3) is 2.46. The summed E-state index contributed by atoms with van der Waals surface area (Å²) in [5.41, 5.74) is 13.7. The van der Waals surface area contributed by atoms with Crippen molar-refractivity contribution < 1.29 is 0 Å². The molecule has 0 saturated carbocycles. The number of benzene rings is 1. The van der Waals surface area contributed by atoms with Crippen LogP contribution in [0.1, 0.15) is 26.7 Å². The van der Waals surface area contributed by atoms with Crippen LogP contribution in [0.2, 0.25) is 0 Å². The third-order valence-electron chi connectivity index (χ3n) is 4.88. The van der Waals surface area contributed by atoms with E-state index in [4.69, 9.17) is 5.73 Å². The SMILES string of the molecule is CCC1=CC(N)C(CC)(C2=CCN(c3ccccc3)N2)C=C1. The summed E-state index contributed by atoms with van der Waals surface area (Å²) in [6.45, 7) is 5.25. The molecule has 3 N–H and O–H groups in total. The van der Waals surface area contributed by atoms with E-state index < -0.39 is 0 Å². The number of para-hydroxylation sites is 1. The van der Waals surface area contributed by atoms with Gasteiger partial charge in [-0.25, -0.2) is 0 Å². The first-order chi connectivity index (χ1) is 10.7. The fourth-order valence-electron chi connectivity index (χ4n) is 3.34. The van der Waals surface area contributed by atoms with Gasteiger partial charge in [-0.3, -0.25) is 5.01 Å². The first-order valence-electron chi connectivity index (χ1n) is 8.15. The van der Waals surface area contributed by atoms with Gasteiger partial charge in [-0.15, -0.1) is 0 Å². The van der Waals surface area contributed by atoms with Crippen LogP contribution in [0.25, 0.3) is 0 Å². The first kappa shape index (κ1) is 14.9. The van der Waals surface area contributed by atoms with E-state index in [9.17, 15) is 0 Å². The zero-order chi connectivity index (χ0) is 15.6. The van der Waals surface area contributed by atoms with Gasteiger partial charge in [0.1, 0.15) is 0 Å². The van der Waals surface area contributed by atoms with Crippen molar-refractivity contribution in [3.8, 4) is 0 Å². The number of nitrogens with one attached hydrogen (secondary N) is 1. The summed E-state index contributed by atoms with van der Waals surface area (Å²) in [7, 11) is 0. The van der Waals surface area contributed by atoms with Gasteiger partial charge < -0.3 is 11.2 Å². The van der Waals surface area contributed by atoms with E-state index in [-0.39, 0.29) is 11.5 Å². The number of hydrogen-bond acceptors (Lipinski definition) is 3. The van der Waals surface area contributed by atoms with Gasteiger partial charge in [-0.2, -0.15) is 0 Å². The summed E-state index contributed by atoms with van der Waals surface area (Å²) < 4.78 is 0. The standard InChI is InChI=1S/C19H25N3/c1-3-15-10-12-19(4-2,17(20)14-15)18-11-13-22(21-18)16-8-6-5-7-9-16/h5-12,14,17,21H,3-4,13,20H2,1-2H3. The van der Waals surface area contributed by atoms with Crippen molar-refractivity contribution in [3.05, 3.63) is 65.9 Å². The van der Waals surface area contributed by atoms with Gasteiger partial charge in [0.15, 0.2) is 0 Å². The van der Waals surface area contributed by atoms with E-state index in [2.05, 4.69) is 72.9 Å². The molecule has 0 aromatic heterocycles. The Bertz CT molecular complexity index is 615. The summed E-state index contributed by atoms with van der Waals surface area (Å²) in [5, 5.41) is 2.17. The number of allylic oxidation sites excluding steroid dienone is 2. The average Bonchev–Trinajstić information content (AvgIpc) is 3.06. The molecule has 1 heterocycles. The third-order valence-corrected chi connectivity index (χ3v) is 4.88. The van der Waals surface area contributed by atoms with Gasteiger partial charge in [-0.05, 0) is 31.1 Å². The second-order valence-corrected chi connectivity index (χ2v) is 6.02. The molecule has 0 fully saturated rings. The maximum atomic E-state index is 6.53. The predicted molar refractivity (Wildman–Crippen MR) is 93.2 cm³/mol. The normalized spacial score (nSPS) is 27.4. The topological polar surface area (TPSA) is 41.3 Å². The molecule has 2 aliphatic rings. The molecule has 0 radical (unpaired) electrons. The largest absolute Gasteiger partial charge is 0.323 e. The summed E-state index contributed by atoms with van der Waals surface area (Å²) in [5.74, 6) is 0. The Labute approximate surface area is 133 Å². The first-order valence-corrected chi connectivity index (χ1v) is 8.15. The van der Waals surface area contributed by atoms with Crippen LogP contribution in [0.5, 0.6) is 0 Å². The Balaban J connectivity index is 1.82. The van der Waals surface area contributed by atoms with E-state index in [1.54, 1.807) is 0 Å². The predicted octanol–water partition coefficient (Wildman–Crippen LogP) is 3.53. The van der Waals surface area contributed by atoms with Crippen LogP contribution in [0.15, 0.2) is 65.9 Å². The maximum absolute atomic E-state index is 6.53. The highest BCUT2D eigenvalue weighted by atomic mass is 15.5. The number of nitrogens with two attached hydrogens (primary N) is 1. The van der Waals surface area contributed by atoms with Crippen molar-refractivity contribution in [1.29, 1.82) is 0 Å². The smallest absolute Gasteiger partial charge is 0.0595 e. The molecule has 22 heavy (non-hydrogen) atoms. The van der Waals surface area contributed by atoms with Gasteiger partial charge in [0, 0.05) is 17.2 Å². The summed E-state index contributed by atoms with van der Waals surface area (Å²) >= 11 is 0. The zero-order valence-electron chi connectivity index (χ0n) is 13.4. The van der Waals surface area contributed by atoms with Gasteiger partial charge in [0.05, 0.1) is 12.2 Å². The van der Waals surface area contributed by atoms with E-state index in [0.29, 0.717) is 0 Å². The minimum atomic E-state index is -0.123. The van der Waals surface area contributed by atoms with Crippen molar-refractivity contribution >= 4 is 5.69 Å². The fourth-order valence-corrected chi connectivity index (χ4v) is 3.34. The Morgan fingerprint density at radius 3 is 2.68 bits per heavy atom. The number of rotatable bonds is 4. The molecule has 3 nitrogen and oxygen atoms in total. The molecule has 1 aromatic rings. The molecule has 0 bridgehead atoms. The molecule has 0 spiro atoms. The van der Waals surface area contributed by atoms with E-state index in [0.717, 1.165) is 19.4 Å². The summed E-state index contributed by atoms with van der Waals surface area (Å²) in [4.78, 5) is 0. The van der Waals surface area contributed by atoms with Crippen LogP contribution in [-0.2, 0) is 0 Å². The number of hydrogen-bond donors (Lipinski definition) is 2. The number of anilines is 1. The molecule has 2 unspecified atom stereocenters. The second-order valence-electron chi connectivity index (χ2n) is 6.02. The molecule has 0 amide bonds. The van der Waals surface area contributed by atoms with Crippen LogP contribution in [0, 0.1) is 5.41 Å². The molecule has 2 atom stereocenters. The van der Waals surface area contributed by atoms with E-state index in [1.807, 2.05) is 6.07 Å². The van der Waals surface area contributed by atoms with Crippen LogP contribution >= 0.6 is 0 Å². The molecule has 1 aliphatic carbocycles.